The summed E-state index contributed by atoms with van der Waals surface area (Å²) in [6.45, 7) is 3.69. The van der Waals surface area contributed by atoms with E-state index in [1.807, 2.05) is 13.8 Å². The zero-order valence-electron chi connectivity index (χ0n) is 12.3. The third-order valence-electron chi connectivity index (χ3n) is 4.85. The summed E-state index contributed by atoms with van der Waals surface area (Å²) in [6.07, 6.45) is 3.47. The molecule has 1 aromatic heterocycles. The topological polar surface area (TPSA) is 56.5 Å². The average molecular weight is 355 g/mol. The number of hydrogen-bond acceptors (Lipinski definition) is 4. The van der Waals surface area contributed by atoms with Gasteiger partial charge in [-0.25, -0.2) is 0 Å². The second kappa shape index (κ2) is 4.97. The van der Waals surface area contributed by atoms with E-state index in [0.717, 1.165) is 19.3 Å². The molecule has 2 fully saturated rings. The number of cyclic esters (lactones) is 1. The van der Waals surface area contributed by atoms with E-state index in [-0.39, 0.29) is 11.8 Å². The molecule has 0 radical (unpaired) electrons. The maximum absolute atomic E-state index is 13.1. The number of ether oxygens (including phenoxy) is 1. The van der Waals surface area contributed by atoms with Crippen LogP contribution in [0.15, 0.2) is 21.2 Å². The summed E-state index contributed by atoms with van der Waals surface area (Å²) in [5.74, 6) is 0.145. The fourth-order valence-corrected chi connectivity index (χ4v) is 3.98. The molecule has 21 heavy (non-hydrogen) atoms. The molecule has 4 nitrogen and oxygen atoms in total. The molecule has 2 aliphatic rings. The highest BCUT2D eigenvalue weighted by Gasteiger charge is 2.60. The molecule has 1 aromatic rings. The Labute approximate surface area is 132 Å². The molecular weight excluding hydrogens is 336 g/mol. The number of esters is 1. The molecule has 0 bridgehead atoms. The quantitative estimate of drug-likeness (QED) is 0.560. The second-order valence-corrected chi connectivity index (χ2v) is 7.40. The van der Waals surface area contributed by atoms with Gasteiger partial charge in [0.15, 0.2) is 16.6 Å². The SMILES string of the molecule is CC1(C)C(=O)C2(CCCCC2)C(=O)OC1c1ccc(Br)o1. The van der Waals surface area contributed by atoms with Crippen LogP contribution in [0, 0.1) is 10.8 Å². The van der Waals surface area contributed by atoms with E-state index >= 15 is 0 Å². The minimum absolute atomic E-state index is 0.00322. The fourth-order valence-electron chi connectivity index (χ4n) is 3.67. The van der Waals surface area contributed by atoms with Crippen molar-refractivity contribution in [3.63, 3.8) is 0 Å². The Morgan fingerprint density at radius 2 is 1.81 bits per heavy atom. The number of carbonyl (C=O) groups excluding carboxylic acids is 2. The Kier molecular flexibility index (Phi) is 3.51. The van der Waals surface area contributed by atoms with Crippen LogP contribution in [-0.2, 0) is 14.3 Å². The van der Waals surface area contributed by atoms with Gasteiger partial charge in [-0.1, -0.05) is 19.3 Å². The van der Waals surface area contributed by atoms with Gasteiger partial charge in [-0.2, -0.15) is 0 Å². The summed E-state index contributed by atoms with van der Waals surface area (Å²) in [7, 11) is 0. The molecule has 0 N–H and O–H groups in total. The first-order chi connectivity index (χ1) is 9.88. The van der Waals surface area contributed by atoms with Crippen LogP contribution < -0.4 is 0 Å². The molecule has 114 valence electrons. The Balaban J connectivity index is 1.99. The van der Waals surface area contributed by atoms with E-state index in [4.69, 9.17) is 9.15 Å². The number of Topliss-reactive ketones (excluding diaryl/α,β-unsaturated/α-hetero) is 1. The van der Waals surface area contributed by atoms with Crippen molar-refractivity contribution in [2.24, 2.45) is 10.8 Å². The molecule has 5 heteroatoms. The third-order valence-corrected chi connectivity index (χ3v) is 5.28. The second-order valence-electron chi connectivity index (χ2n) is 6.62. The zero-order chi connectivity index (χ0) is 15.3. The first-order valence-corrected chi connectivity index (χ1v) is 8.18. The predicted octanol–water partition coefficient (Wildman–Crippen LogP) is 4.19. The zero-order valence-corrected chi connectivity index (χ0v) is 13.9. The third kappa shape index (κ3) is 2.17. The minimum atomic E-state index is -0.928. The summed E-state index contributed by atoms with van der Waals surface area (Å²) >= 11 is 3.24. The van der Waals surface area contributed by atoms with Gasteiger partial charge in [-0.3, -0.25) is 9.59 Å². The summed E-state index contributed by atoms with van der Waals surface area (Å²) in [5.41, 5.74) is -1.70. The Bertz CT molecular complexity index is 581. The van der Waals surface area contributed by atoms with Gasteiger partial charge in [-0.05, 0) is 54.8 Å². The van der Waals surface area contributed by atoms with Crippen LogP contribution >= 0.6 is 15.9 Å². The van der Waals surface area contributed by atoms with Crippen LogP contribution in [-0.4, -0.2) is 11.8 Å². The molecular formula is C16H19BrO4. The van der Waals surface area contributed by atoms with E-state index < -0.39 is 16.9 Å². The number of carbonyl (C=O) groups is 2. The molecule has 3 rings (SSSR count). The normalized spacial score (nSPS) is 27.7. The van der Waals surface area contributed by atoms with Crippen molar-refractivity contribution in [2.45, 2.75) is 52.1 Å². The Hall–Kier alpha value is -1.10. The summed E-state index contributed by atoms with van der Waals surface area (Å²) in [6, 6.07) is 3.49. The lowest BCUT2D eigenvalue weighted by atomic mass is 9.61. The van der Waals surface area contributed by atoms with E-state index in [0.29, 0.717) is 23.3 Å². The molecule has 1 aliphatic heterocycles. The number of ketones is 1. The van der Waals surface area contributed by atoms with E-state index in [1.54, 1.807) is 12.1 Å². The van der Waals surface area contributed by atoms with Gasteiger partial charge in [0.05, 0.1) is 5.41 Å². The van der Waals surface area contributed by atoms with Crippen molar-refractivity contribution < 1.29 is 18.7 Å². The number of hydrogen-bond donors (Lipinski definition) is 0. The van der Waals surface area contributed by atoms with Gasteiger partial charge in [0, 0.05) is 0 Å². The summed E-state index contributed by atoms with van der Waals surface area (Å²) in [5, 5.41) is 0. The van der Waals surface area contributed by atoms with Crippen LogP contribution in [0.25, 0.3) is 0 Å². The molecule has 0 amide bonds. The molecule has 1 unspecified atom stereocenters. The molecule has 1 saturated heterocycles. The lowest BCUT2D eigenvalue weighted by Crippen LogP contribution is -2.55. The molecule has 1 aliphatic carbocycles. The van der Waals surface area contributed by atoms with Gasteiger partial charge in [0.1, 0.15) is 11.2 Å². The fraction of sp³-hybridized carbons (Fsp3) is 0.625. The minimum Gasteiger partial charge on any atom is -0.452 e. The summed E-state index contributed by atoms with van der Waals surface area (Å²) in [4.78, 5) is 25.6. The van der Waals surface area contributed by atoms with Crippen molar-refractivity contribution >= 4 is 27.7 Å². The maximum Gasteiger partial charge on any atom is 0.320 e. The van der Waals surface area contributed by atoms with E-state index in [2.05, 4.69) is 15.9 Å². The predicted molar refractivity (Wildman–Crippen MR) is 79.5 cm³/mol. The number of furan rings is 1. The van der Waals surface area contributed by atoms with Crippen LogP contribution in [0.5, 0.6) is 0 Å². The van der Waals surface area contributed by atoms with Crippen LogP contribution in [0.3, 0.4) is 0 Å². The lowest BCUT2D eigenvalue weighted by Gasteiger charge is -2.46. The number of halogens is 1. The van der Waals surface area contributed by atoms with Crippen molar-refractivity contribution in [3.05, 3.63) is 22.6 Å². The Morgan fingerprint density at radius 3 is 2.38 bits per heavy atom. The number of rotatable bonds is 1. The van der Waals surface area contributed by atoms with Gasteiger partial charge in [0.2, 0.25) is 0 Å². The lowest BCUT2D eigenvalue weighted by molar-refractivity contribution is -0.193. The highest BCUT2D eigenvalue weighted by atomic mass is 79.9. The van der Waals surface area contributed by atoms with Crippen molar-refractivity contribution in [2.75, 3.05) is 0 Å². The summed E-state index contributed by atoms with van der Waals surface area (Å²) < 4.78 is 11.8. The highest BCUT2D eigenvalue weighted by molar-refractivity contribution is 9.10. The van der Waals surface area contributed by atoms with Gasteiger partial charge < -0.3 is 9.15 Å². The molecule has 1 atom stereocenters. The van der Waals surface area contributed by atoms with Gasteiger partial charge in [0.25, 0.3) is 0 Å². The molecule has 1 saturated carbocycles. The Morgan fingerprint density at radius 1 is 1.14 bits per heavy atom. The molecule has 0 aromatic carbocycles. The van der Waals surface area contributed by atoms with E-state index in [9.17, 15) is 9.59 Å². The van der Waals surface area contributed by atoms with Crippen LogP contribution in [0.2, 0.25) is 0 Å². The van der Waals surface area contributed by atoms with Crippen molar-refractivity contribution in [1.82, 2.24) is 0 Å². The monoisotopic (exact) mass is 354 g/mol. The smallest absolute Gasteiger partial charge is 0.320 e. The van der Waals surface area contributed by atoms with Gasteiger partial charge >= 0.3 is 5.97 Å². The maximum atomic E-state index is 13.1. The van der Waals surface area contributed by atoms with Crippen LogP contribution in [0.4, 0.5) is 0 Å². The first kappa shape index (κ1) is 14.8. The highest BCUT2D eigenvalue weighted by Crippen LogP contribution is 2.53. The first-order valence-electron chi connectivity index (χ1n) is 7.39. The molecule has 1 spiro atoms. The van der Waals surface area contributed by atoms with E-state index in [1.165, 1.54) is 0 Å². The van der Waals surface area contributed by atoms with Crippen molar-refractivity contribution in [1.29, 1.82) is 0 Å². The van der Waals surface area contributed by atoms with Gasteiger partial charge in [-0.15, -0.1) is 0 Å². The van der Waals surface area contributed by atoms with Crippen LogP contribution in [0.1, 0.15) is 57.8 Å². The average Bonchev–Trinajstić information content (AvgIpc) is 2.89. The molecule has 2 heterocycles. The largest absolute Gasteiger partial charge is 0.452 e. The van der Waals surface area contributed by atoms with Crippen molar-refractivity contribution in [3.8, 4) is 0 Å². The standard InChI is InChI=1S/C16H19BrO4/c1-15(2)12(10-6-7-11(17)20-10)21-14(19)16(13(15)18)8-4-3-5-9-16/h6-7,12H,3-5,8-9H2,1-2H3.